The molecule has 0 bridgehead atoms. The fraction of sp³-hybridized carbons (Fsp3) is 0.250. The van der Waals surface area contributed by atoms with Crippen LogP contribution in [0.25, 0.3) is 5.57 Å². The van der Waals surface area contributed by atoms with Gasteiger partial charge in [0.1, 0.15) is 5.69 Å². The molecule has 0 atom stereocenters. The molecule has 7 heteroatoms. The van der Waals surface area contributed by atoms with E-state index in [0.717, 1.165) is 42.9 Å². The molecule has 120 valence electrons. The summed E-state index contributed by atoms with van der Waals surface area (Å²) in [6, 6.07) is 4.86. The van der Waals surface area contributed by atoms with Gasteiger partial charge in [0.2, 0.25) is 0 Å². The third kappa shape index (κ3) is 3.68. The number of hydrogen-bond donors (Lipinski definition) is 2. The van der Waals surface area contributed by atoms with Crippen molar-refractivity contribution in [3.8, 4) is 0 Å². The Bertz CT molecular complexity index is 708. The molecule has 0 unspecified atom stereocenters. The summed E-state index contributed by atoms with van der Waals surface area (Å²) in [5.74, 6) is 0.542. The lowest BCUT2D eigenvalue weighted by Gasteiger charge is -2.16. The lowest BCUT2D eigenvalue weighted by Crippen LogP contribution is -2.20. The zero-order valence-electron chi connectivity index (χ0n) is 12.2. The van der Waals surface area contributed by atoms with E-state index in [1.807, 2.05) is 6.08 Å². The van der Waals surface area contributed by atoms with E-state index in [1.54, 1.807) is 12.4 Å². The minimum Gasteiger partial charge on any atom is -0.338 e. The Morgan fingerprint density at radius 2 is 1.78 bits per heavy atom. The van der Waals surface area contributed by atoms with E-state index in [0.29, 0.717) is 11.5 Å². The summed E-state index contributed by atoms with van der Waals surface area (Å²) < 4.78 is 37.8. The molecule has 2 aromatic rings. The zero-order valence-corrected chi connectivity index (χ0v) is 12.2. The van der Waals surface area contributed by atoms with Crippen LogP contribution in [0.1, 0.15) is 17.7 Å². The van der Waals surface area contributed by atoms with Crippen molar-refractivity contribution in [2.24, 2.45) is 0 Å². The van der Waals surface area contributed by atoms with Crippen molar-refractivity contribution in [2.75, 3.05) is 18.4 Å². The molecule has 0 aliphatic carbocycles. The number of anilines is 2. The molecule has 3 rings (SSSR count). The number of hydrogen-bond acceptors (Lipinski definition) is 4. The molecule has 1 aromatic carbocycles. The van der Waals surface area contributed by atoms with Gasteiger partial charge in [-0.25, -0.2) is 4.98 Å². The van der Waals surface area contributed by atoms with Gasteiger partial charge in [-0.1, -0.05) is 6.08 Å². The van der Waals surface area contributed by atoms with Crippen LogP contribution in [0.3, 0.4) is 0 Å². The fourth-order valence-corrected chi connectivity index (χ4v) is 2.38. The van der Waals surface area contributed by atoms with E-state index in [4.69, 9.17) is 0 Å². The third-order valence-corrected chi connectivity index (χ3v) is 3.54. The predicted octanol–water partition coefficient (Wildman–Crippen LogP) is 3.62. The normalized spacial score (nSPS) is 15.2. The molecule has 0 saturated heterocycles. The van der Waals surface area contributed by atoms with Crippen LogP contribution in [0.2, 0.25) is 0 Å². The lowest BCUT2D eigenvalue weighted by atomic mass is 10.1. The first kappa shape index (κ1) is 15.5. The Morgan fingerprint density at radius 3 is 2.43 bits per heavy atom. The van der Waals surface area contributed by atoms with Crippen molar-refractivity contribution in [1.29, 1.82) is 0 Å². The molecule has 1 aliphatic rings. The highest BCUT2D eigenvalue weighted by Gasteiger charge is 2.30. The van der Waals surface area contributed by atoms with Crippen molar-refractivity contribution >= 4 is 17.1 Å². The molecule has 0 spiro atoms. The first-order chi connectivity index (χ1) is 11.0. The highest BCUT2D eigenvalue weighted by Crippen LogP contribution is 2.31. The average molecular weight is 320 g/mol. The van der Waals surface area contributed by atoms with E-state index in [-0.39, 0.29) is 0 Å². The Hall–Kier alpha value is -2.41. The number of rotatable bonds is 3. The van der Waals surface area contributed by atoms with E-state index in [1.165, 1.54) is 12.1 Å². The number of nitrogens with one attached hydrogen (secondary N) is 2. The van der Waals surface area contributed by atoms with Gasteiger partial charge in [-0.15, -0.1) is 0 Å². The number of nitrogens with zero attached hydrogens (tertiary/aromatic N) is 2. The smallest absolute Gasteiger partial charge is 0.338 e. The first-order valence-corrected chi connectivity index (χ1v) is 7.19. The maximum absolute atomic E-state index is 12.6. The molecule has 1 aliphatic heterocycles. The number of alkyl halides is 3. The van der Waals surface area contributed by atoms with Crippen molar-refractivity contribution in [3.05, 3.63) is 54.0 Å². The van der Waals surface area contributed by atoms with Gasteiger partial charge in [0.25, 0.3) is 0 Å². The molecule has 0 amide bonds. The molecule has 2 heterocycles. The number of halogens is 3. The molecular weight excluding hydrogens is 305 g/mol. The van der Waals surface area contributed by atoms with Gasteiger partial charge in [-0.3, -0.25) is 4.98 Å². The van der Waals surface area contributed by atoms with Gasteiger partial charge < -0.3 is 10.6 Å². The van der Waals surface area contributed by atoms with Crippen LogP contribution in [-0.4, -0.2) is 23.1 Å². The fourth-order valence-electron chi connectivity index (χ4n) is 2.38. The minimum atomic E-state index is -4.34. The molecule has 0 fully saturated rings. The van der Waals surface area contributed by atoms with Crippen LogP contribution in [0.4, 0.5) is 24.7 Å². The maximum Gasteiger partial charge on any atom is 0.416 e. The Labute approximate surface area is 131 Å². The Balaban J connectivity index is 1.84. The highest BCUT2D eigenvalue weighted by molar-refractivity contribution is 5.74. The second-order valence-corrected chi connectivity index (χ2v) is 5.14. The lowest BCUT2D eigenvalue weighted by molar-refractivity contribution is -0.137. The van der Waals surface area contributed by atoms with E-state index in [9.17, 15) is 13.2 Å². The third-order valence-electron chi connectivity index (χ3n) is 3.54. The summed E-state index contributed by atoms with van der Waals surface area (Å²) in [5.41, 5.74) is 1.66. The monoisotopic (exact) mass is 320 g/mol. The predicted molar refractivity (Wildman–Crippen MR) is 82.2 cm³/mol. The molecule has 1 aromatic heterocycles. The SMILES string of the molecule is FC(F)(F)c1ccc(Nc2nccnc2C2=CCNCC2)cc1. The van der Waals surface area contributed by atoms with Crippen LogP contribution in [0.15, 0.2) is 42.7 Å². The molecule has 23 heavy (non-hydrogen) atoms. The Kier molecular flexibility index (Phi) is 4.29. The first-order valence-electron chi connectivity index (χ1n) is 7.19. The average Bonchev–Trinajstić information content (AvgIpc) is 2.56. The number of aromatic nitrogens is 2. The van der Waals surface area contributed by atoms with Crippen molar-refractivity contribution in [3.63, 3.8) is 0 Å². The second kappa shape index (κ2) is 6.37. The zero-order chi connectivity index (χ0) is 16.3. The summed E-state index contributed by atoms with van der Waals surface area (Å²) in [6.07, 6.45) is 1.70. The van der Waals surface area contributed by atoms with Crippen LogP contribution >= 0.6 is 0 Å². The molecule has 2 N–H and O–H groups in total. The summed E-state index contributed by atoms with van der Waals surface area (Å²) >= 11 is 0. The van der Waals surface area contributed by atoms with Crippen LogP contribution in [0.5, 0.6) is 0 Å². The standard InChI is InChI=1S/C16H15F3N4/c17-16(18,19)12-1-3-13(4-2-12)23-15-14(21-9-10-22-15)11-5-7-20-8-6-11/h1-5,9-10,20H,6-8H2,(H,22,23). The number of benzene rings is 1. The molecule has 0 saturated carbocycles. The topological polar surface area (TPSA) is 49.8 Å². The van der Waals surface area contributed by atoms with Gasteiger partial charge in [0.05, 0.1) is 5.56 Å². The second-order valence-electron chi connectivity index (χ2n) is 5.14. The van der Waals surface area contributed by atoms with Gasteiger partial charge in [-0.05, 0) is 42.8 Å². The van der Waals surface area contributed by atoms with E-state index < -0.39 is 11.7 Å². The van der Waals surface area contributed by atoms with Crippen molar-refractivity contribution in [2.45, 2.75) is 12.6 Å². The van der Waals surface area contributed by atoms with Gasteiger partial charge >= 0.3 is 6.18 Å². The summed E-state index contributed by atoms with van der Waals surface area (Å²) in [4.78, 5) is 8.62. The van der Waals surface area contributed by atoms with Crippen LogP contribution in [0, 0.1) is 0 Å². The summed E-state index contributed by atoms with van der Waals surface area (Å²) in [6.45, 7) is 1.63. The maximum atomic E-state index is 12.6. The highest BCUT2D eigenvalue weighted by atomic mass is 19.4. The van der Waals surface area contributed by atoms with E-state index in [2.05, 4.69) is 20.6 Å². The van der Waals surface area contributed by atoms with Crippen LogP contribution < -0.4 is 10.6 Å². The summed E-state index contributed by atoms with van der Waals surface area (Å²) in [5, 5.41) is 6.27. The molecule has 4 nitrogen and oxygen atoms in total. The molecule has 0 radical (unpaired) electrons. The van der Waals surface area contributed by atoms with Gasteiger partial charge in [0.15, 0.2) is 5.82 Å². The van der Waals surface area contributed by atoms with Crippen molar-refractivity contribution in [1.82, 2.24) is 15.3 Å². The quantitative estimate of drug-likeness (QED) is 0.907. The van der Waals surface area contributed by atoms with Crippen molar-refractivity contribution < 1.29 is 13.2 Å². The minimum absolute atomic E-state index is 0.536. The largest absolute Gasteiger partial charge is 0.416 e. The van der Waals surface area contributed by atoms with E-state index >= 15 is 0 Å². The molecular formula is C16H15F3N4. The summed E-state index contributed by atoms with van der Waals surface area (Å²) in [7, 11) is 0. The Morgan fingerprint density at radius 1 is 1.04 bits per heavy atom. The van der Waals surface area contributed by atoms with Gasteiger partial charge in [0, 0.05) is 24.6 Å². The van der Waals surface area contributed by atoms with Crippen LogP contribution in [-0.2, 0) is 6.18 Å². The van der Waals surface area contributed by atoms with Gasteiger partial charge in [-0.2, -0.15) is 13.2 Å².